The van der Waals surface area contributed by atoms with E-state index in [1.54, 1.807) is 0 Å². The van der Waals surface area contributed by atoms with Crippen molar-refractivity contribution in [1.29, 1.82) is 0 Å². The van der Waals surface area contributed by atoms with Crippen LogP contribution in [0.5, 0.6) is 0 Å². The molecule has 0 amide bonds. The van der Waals surface area contributed by atoms with Gasteiger partial charge in [-0.15, -0.1) is 0 Å². The Labute approximate surface area is 97.2 Å². The number of nitrogens with zero attached hydrogens (tertiary/aromatic N) is 1. The average Bonchev–Trinajstić information content (AvgIpc) is 2.38. The van der Waals surface area contributed by atoms with Gasteiger partial charge in [-0.25, -0.2) is 0 Å². The molecular formula is C13H20N2O. The second kappa shape index (κ2) is 5.97. The molecular weight excluding hydrogens is 200 g/mol. The van der Waals surface area contributed by atoms with Gasteiger partial charge in [-0.05, 0) is 43.9 Å². The summed E-state index contributed by atoms with van der Waals surface area (Å²) in [6.07, 6.45) is 6.12. The van der Waals surface area contributed by atoms with E-state index in [-0.39, 0.29) is 0 Å². The minimum atomic E-state index is 0.386. The number of hydrogen-bond acceptors (Lipinski definition) is 3. The molecule has 1 aromatic heterocycles. The molecule has 1 saturated heterocycles. The number of rotatable bonds is 4. The Morgan fingerprint density at radius 3 is 3.00 bits per heavy atom. The topological polar surface area (TPSA) is 34.1 Å². The summed E-state index contributed by atoms with van der Waals surface area (Å²) in [6.45, 7) is 5.12. The monoisotopic (exact) mass is 220 g/mol. The van der Waals surface area contributed by atoms with Crippen LogP contribution in [0.25, 0.3) is 0 Å². The fourth-order valence-corrected chi connectivity index (χ4v) is 2.04. The van der Waals surface area contributed by atoms with Gasteiger partial charge in [0.15, 0.2) is 0 Å². The second-order valence-corrected chi connectivity index (χ2v) is 4.47. The first kappa shape index (κ1) is 11.6. The van der Waals surface area contributed by atoms with Gasteiger partial charge >= 0.3 is 0 Å². The first-order valence-electron chi connectivity index (χ1n) is 6.07. The highest BCUT2D eigenvalue weighted by molar-refractivity contribution is 5.12. The highest BCUT2D eigenvalue weighted by atomic mass is 16.5. The lowest BCUT2D eigenvalue weighted by atomic mass is 9.99. The standard InChI is InChI=1S/C13H20N2O/c1-11(13-3-2-6-14-10-13)15-9-12-4-7-16-8-5-12/h2-3,6,10-12,15H,4-5,7-9H2,1H3. The maximum absolute atomic E-state index is 5.35. The third kappa shape index (κ3) is 3.29. The normalized spacial score (nSPS) is 19.6. The molecule has 0 aromatic carbocycles. The molecule has 0 aliphatic carbocycles. The zero-order chi connectivity index (χ0) is 11.2. The molecule has 1 aromatic rings. The number of aromatic nitrogens is 1. The Hall–Kier alpha value is -0.930. The Morgan fingerprint density at radius 1 is 1.50 bits per heavy atom. The summed E-state index contributed by atoms with van der Waals surface area (Å²) in [5.41, 5.74) is 1.26. The molecule has 3 nitrogen and oxygen atoms in total. The summed E-state index contributed by atoms with van der Waals surface area (Å²) in [4.78, 5) is 4.14. The predicted molar refractivity (Wildman–Crippen MR) is 64.2 cm³/mol. The van der Waals surface area contributed by atoms with E-state index in [9.17, 15) is 0 Å². The largest absolute Gasteiger partial charge is 0.381 e. The third-order valence-corrected chi connectivity index (χ3v) is 3.24. The van der Waals surface area contributed by atoms with Crippen molar-refractivity contribution in [3.63, 3.8) is 0 Å². The van der Waals surface area contributed by atoms with Crippen LogP contribution >= 0.6 is 0 Å². The van der Waals surface area contributed by atoms with E-state index in [0.717, 1.165) is 25.7 Å². The Balaban J connectivity index is 1.77. The maximum atomic E-state index is 5.35. The van der Waals surface area contributed by atoms with Crippen LogP contribution in [0.2, 0.25) is 0 Å². The minimum Gasteiger partial charge on any atom is -0.381 e. The zero-order valence-corrected chi connectivity index (χ0v) is 9.86. The molecule has 1 atom stereocenters. The van der Waals surface area contributed by atoms with Crippen LogP contribution in [-0.2, 0) is 4.74 Å². The van der Waals surface area contributed by atoms with Gasteiger partial charge in [0.1, 0.15) is 0 Å². The lowest BCUT2D eigenvalue weighted by Crippen LogP contribution is -2.29. The van der Waals surface area contributed by atoms with Gasteiger partial charge in [0, 0.05) is 31.6 Å². The van der Waals surface area contributed by atoms with E-state index in [2.05, 4.69) is 23.3 Å². The summed E-state index contributed by atoms with van der Waals surface area (Å²) in [5, 5.41) is 3.57. The van der Waals surface area contributed by atoms with E-state index in [1.165, 1.54) is 18.4 Å². The van der Waals surface area contributed by atoms with Crippen molar-refractivity contribution in [2.45, 2.75) is 25.8 Å². The first-order chi connectivity index (χ1) is 7.86. The van der Waals surface area contributed by atoms with E-state index in [4.69, 9.17) is 4.74 Å². The van der Waals surface area contributed by atoms with Crippen molar-refractivity contribution >= 4 is 0 Å². The van der Waals surface area contributed by atoms with Crippen molar-refractivity contribution in [3.8, 4) is 0 Å². The molecule has 2 rings (SSSR count). The summed E-state index contributed by atoms with van der Waals surface area (Å²) in [7, 11) is 0. The van der Waals surface area contributed by atoms with Gasteiger partial charge in [-0.2, -0.15) is 0 Å². The van der Waals surface area contributed by atoms with Crippen molar-refractivity contribution < 1.29 is 4.74 Å². The molecule has 1 N–H and O–H groups in total. The van der Waals surface area contributed by atoms with Gasteiger partial charge in [-0.3, -0.25) is 4.98 Å². The molecule has 1 aliphatic rings. The van der Waals surface area contributed by atoms with E-state index >= 15 is 0 Å². The van der Waals surface area contributed by atoms with Crippen LogP contribution in [0.1, 0.15) is 31.4 Å². The van der Waals surface area contributed by atoms with Crippen molar-refractivity contribution in [3.05, 3.63) is 30.1 Å². The fraction of sp³-hybridized carbons (Fsp3) is 0.615. The number of pyridine rings is 1. The Morgan fingerprint density at radius 2 is 2.31 bits per heavy atom. The van der Waals surface area contributed by atoms with E-state index in [0.29, 0.717) is 6.04 Å². The van der Waals surface area contributed by atoms with Crippen molar-refractivity contribution in [2.24, 2.45) is 5.92 Å². The zero-order valence-electron chi connectivity index (χ0n) is 9.86. The van der Waals surface area contributed by atoms with Gasteiger partial charge in [0.05, 0.1) is 0 Å². The average molecular weight is 220 g/mol. The third-order valence-electron chi connectivity index (χ3n) is 3.24. The highest BCUT2D eigenvalue weighted by Gasteiger charge is 2.14. The number of hydrogen-bond donors (Lipinski definition) is 1. The van der Waals surface area contributed by atoms with Crippen LogP contribution in [-0.4, -0.2) is 24.7 Å². The molecule has 0 saturated carbocycles. The first-order valence-corrected chi connectivity index (χ1v) is 6.07. The summed E-state index contributed by atoms with van der Waals surface area (Å²) < 4.78 is 5.35. The number of ether oxygens (including phenoxy) is 1. The quantitative estimate of drug-likeness (QED) is 0.844. The summed E-state index contributed by atoms with van der Waals surface area (Å²) >= 11 is 0. The van der Waals surface area contributed by atoms with E-state index in [1.807, 2.05) is 18.5 Å². The molecule has 1 aliphatic heterocycles. The summed E-state index contributed by atoms with van der Waals surface area (Å²) in [5.74, 6) is 0.771. The summed E-state index contributed by atoms with van der Waals surface area (Å²) in [6, 6.07) is 4.49. The van der Waals surface area contributed by atoms with Crippen LogP contribution < -0.4 is 5.32 Å². The molecule has 0 bridgehead atoms. The molecule has 1 fully saturated rings. The molecule has 0 radical (unpaired) electrons. The SMILES string of the molecule is CC(NCC1CCOCC1)c1cccnc1. The van der Waals surface area contributed by atoms with Crippen LogP contribution in [0.15, 0.2) is 24.5 Å². The fourth-order valence-electron chi connectivity index (χ4n) is 2.04. The van der Waals surface area contributed by atoms with Crippen molar-refractivity contribution in [1.82, 2.24) is 10.3 Å². The lowest BCUT2D eigenvalue weighted by molar-refractivity contribution is 0.0656. The Kier molecular flexibility index (Phi) is 4.31. The van der Waals surface area contributed by atoms with Gasteiger partial charge in [0.2, 0.25) is 0 Å². The molecule has 1 unspecified atom stereocenters. The van der Waals surface area contributed by atoms with Gasteiger partial charge < -0.3 is 10.1 Å². The van der Waals surface area contributed by atoms with Crippen molar-refractivity contribution in [2.75, 3.05) is 19.8 Å². The molecule has 3 heteroatoms. The molecule has 2 heterocycles. The van der Waals surface area contributed by atoms with Crippen LogP contribution in [0, 0.1) is 5.92 Å². The molecule has 0 spiro atoms. The molecule has 16 heavy (non-hydrogen) atoms. The highest BCUT2D eigenvalue weighted by Crippen LogP contribution is 2.16. The smallest absolute Gasteiger partial charge is 0.0469 e. The number of nitrogens with one attached hydrogen (secondary N) is 1. The maximum Gasteiger partial charge on any atom is 0.0469 e. The molecule has 88 valence electrons. The van der Waals surface area contributed by atoms with Gasteiger partial charge in [-0.1, -0.05) is 6.07 Å². The second-order valence-electron chi connectivity index (χ2n) is 4.47. The van der Waals surface area contributed by atoms with Crippen LogP contribution in [0.4, 0.5) is 0 Å². The van der Waals surface area contributed by atoms with E-state index < -0.39 is 0 Å². The lowest BCUT2D eigenvalue weighted by Gasteiger charge is -2.24. The van der Waals surface area contributed by atoms with Crippen LogP contribution in [0.3, 0.4) is 0 Å². The predicted octanol–water partition coefficient (Wildman–Crippen LogP) is 2.16. The Bertz CT molecular complexity index is 296. The van der Waals surface area contributed by atoms with Gasteiger partial charge in [0.25, 0.3) is 0 Å². The minimum absolute atomic E-state index is 0.386.